The lowest BCUT2D eigenvalue weighted by Gasteiger charge is -2.18. The molecule has 0 aliphatic carbocycles. The van der Waals surface area contributed by atoms with Gasteiger partial charge in [-0.1, -0.05) is 0 Å². The summed E-state index contributed by atoms with van der Waals surface area (Å²) in [6, 6.07) is 8.31. The number of pyridine rings is 1. The number of aromatic nitrogens is 1. The fraction of sp³-hybridized carbons (Fsp3) is 0.190. The van der Waals surface area contributed by atoms with Crippen LogP contribution in [0.3, 0.4) is 0 Å². The van der Waals surface area contributed by atoms with Crippen LogP contribution in [-0.2, 0) is 9.47 Å². The van der Waals surface area contributed by atoms with Crippen LogP contribution in [0.2, 0.25) is 0 Å². The third kappa shape index (κ3) is 3.61. The smallest absolute Gasteiger partial charge is 0.339 e. The molecule has 0 N–H and O–H groups in total. The zero-order chi connectivity index (χ0) is 21.1. The summed E-state index contributed by atoms with van der Waals surface area (Å²) in [4.78, 5) is 29.2. The Hall–Kier alpha value is -3.55. The largest absolute Gasteiger partial charge is 0.493 e. The number of ether oxygens (including phenoxy) is 4. The standard InChI is InChI=1S/C21H18BNO6/c1-26-15-8-12-7-14(20(24)28-3)19(21(25)29-4)18(13(12)10-16(15)27-2)11-5-6-23-17(22)9-11/h5-10H,1-4H3. The number of fused-ring (bicyclic) bond motifs is 1. The molecule has 0 saturated carbocycles. The highest BCUT2D eigenvalue weighted by Crippen LogP contribution is 2.40. The van der Waals surface area contributed by atoms with Gasteiger partial charge in [-0.2, -0.15) is 0 Å². The zero-order valence-corrected chi connectivity index (χ0v) is 16.4. The molecule has 0 amide bonds. The number of benzene rings is 2. The molecule has 0 atom stereocenters. The Kier molecular flexibility index (Phi) is 5.72. The molecule has 1 heterocycles. The van der Waals surface area contributed by atoms with Gasteiger partial charge in [0.05, 0.1) is 39.6 Å². The molecule has 0 unspecified atom stereocenters. The molecule has 3 aromatic rings. The number of rotatable bonds is 5. The predicted octanol–water partition coefficient (Wildman–Crippen LogP) is 2.29. The second-order valence-corrected chi connectivity index (χ2v) is 6.06. The van der Waals surface area contributed by atoms with Gasteiger partial charge >= 0.3 is 11.9 Å². The van der Waals surface area contributed by atoms with E-state index in [1.807, 2.05) is 0 Å². The lowest BCUT2D eigenvalue weighted by molar-refractivity contribution is 0.0556. The topological polar surface area (TPSA) is 84.0 Å². The Morgan fingerprint density at radius 1 is 0.897 bits per heavy atom. The van der Waals surface area contributed by atoms with Crippen LogP contribution in [0, 0.1) is 0 Å². The molecule has 0 fully saturated rings. The number of hydrogen-bond acceptors (Lipinski definition) is 7. The summed E-state index contributed by atoms with van der Waals surface area (Å²) in [6.07, 6.45) is 1.52. The molecule has 8 heteroatoms. The third-order valence-corrected chi connectivity index (χ3v) is 4.51. The third-order valence-electron chi connectivity index (χ3n) is 4.51. The Bertz CT molecular complexity index is 1110. The molecule has 2 aromatic carbocycles. The second kappa shape index (κ2) is 8.22. The molecule has 0 saturated heterocycles. The maximum Gasteiger partial charge on any atom is 0.339 e. The summed E-state index contributed by atoms with van der Waals surface area (Å²) < 4.78 is 20.6. The van der Waals surface area contributed by atoms with E-state index in [0.717, 1.165) is 0 Å². The molecule has 1 aromatic heterocycles. The second-order valence-electron chi connectivity index (χ2n) is 6.06. The monoisotopic (exact) mass is 391 g/mol. The SMILES string of the molecule is [B]c1cc(-c2c(C(=O)OC)c(C(=O)OC)cc3cc(OC)c(OC)cc23)ccn1. The molecule has 29 heavy (non-hydrogen) atoms. The molecule has 0 bridgehead atoms. The lowest BCUT2D eigenvalue weighted by Crippen LogP contribution is -2.15. The Labute approximate surface area is 169 Å². The van der Waals surface area contributed by atoms with E-state index in [2.05, 4.69) is 4.98 Å². The number of methoxy groups -OCH3 is 4. The number of esters is 2. The Morgan fingerprint density at radius 2 is 1.55 bits per heavy atom. The van der Waals surface area contributed by atoms with Crippen LogP contribution in [0.15, 0.2) is 36.5 Å². The first kappa shape index (κ1) is 20.2. The summed E-state index contributed by atoms with van der Waals surface area (Å²) in [6.45, 7) is 0. The van der Waals surface area contributed by atoms with Crippen molar-refractivity contribution in [2.24, 2.45) is 0 Å². The fourth-order valence-electron chi connectivity index (χ4n) is 3.22. The first-order valence-electron chi connectivity index (χ1n) is 8.56. The van der Waals surface area contributed by atoms with Crippen molar-refractivity contribution in [3.63, 3.8) is 0 Å². The first-order chi connectivity index (χ1) is 13.9. The molecule has 146 valence electrons. The normalized spacial score (nSPS) is 10.5. The van der Waals surface area contributed by atoms with Gasteiger partial charge in [0, 0.05) is 11.8 Å². The van der Waals surface area contributed by atoms with Gasteiger partial charge in [0.2, 0.25) is 0 Å². The highest BCUT2D eigenvalue weighted by atomic mass is 16.5. The summed E-state index contributed by atoms with van der Waals surface area (Å²) in [7, 11) is 11.4. The molecule has 0 aliphatic heterocycles. The van der Waals surface area contributed by atoms with Gasteiger partial charge in [-0.15, -0.1) is 0 Å². The zero-order valence-electron chi connectivity index (χ0n) is 16.4. The maximum absolute atomic E-state index is 12.7. The maximum atomic E-state index is 12.7. The van der Waals surface area contributed by atoms with E-state index in [1.165, 1.54) is 34.6 Å². The highest BCUT2D eigenvalue weighted by molar-refractivity contribution is 6.31. The minimum absolute atomic E-state index is 0.0597. The van der Waals surface area contributed by atoms with E-state index >= 15 is 0 Å². The van der Waals surface area contributed by atoms with Gasteiger partial charge in [-0.05, 0) is 52.3 Å². The summed E-state index contributed by atoms with van der Waals surface area (Å²) in [5.41, 5.74) is 1.41. The predicted molar refractivity (Wildman–Crippen MR) is 108 cm³/mol. The van der Waals surface area contributed by atoms with E-state index in [-0.39, 0.29) is 16.7 Å². The van der Waals surface area contributed by atoms with Crippen LogP contribution in [0.25, 0.3) is 21.9 Å². The van der Waals surface area contributed by atoms with Crippen LogP contribution in [0.4, 0.5) is 0 Å². The molecule has 0 spiro atoms. The van der Waals surface area contributed by atoms with Crippen molar-refractivity contribution < 1.29 is 28.5 Å². The van der Waals surface area contributed by atoms with Crippen molar-refractivity contribution in [3.05, 3.63) is 47.7 Å². The molecular weight excluding hydrogens is 373 g/mol. The van der Waals surface area contributed by atoms with Crippen molar-refractivity contribution in [1.29, 1.82) is 0 Å². The molecular formula is C21H18BNO6. The number of carbonyl (C=O) groups is 2. The minimum Gasteiger partial charge on any atom is -0.493 e. The number of carbonyl (C=O) groups excluding carboxylic acids is 2. The van der Waals surface area contributed by atoms with Gasteiger partial charge in [0.25, 0.3) is 0 Å². The van der Waals surface area contributed by atoms with Crippen molar-refractivity contribution in [2.75, 3.05) is 28.4 Å². The van der Waals surface area contributed by atoms with Crippen LogP contribution >= 0.6 is 0 Å². The Balaban J connectivity index is 2.55. The van der Waals surface area contributed by atoms with Gasteiger partial charge in [-0.25, -0.2) is 9.59 Å². The molecule has 0 aliphatic rings. The van der Waals surface area contributed by atoms with Crippen molar-refractivity contribution in [3.8, 4) is 22.6 Å². The molecule has 7 nitrogen and oxygen atoms in total. The summed E-state index contributed by atoms with van der Waals surface area (Å²) in [5.74, 6) is -0.426. The number of hydrogen-bond donors (Lipinski definition) is 0. The summed E-state index contributed by atoms with van der Waals surface area (Å²) in [5, 5.41) is 1.28. The molecule has 2 radical (unpaired) electrons. The van der Waals surface area contributed by atoms with Gasteiger partial charge in [0.15, 0.2) is 11.5 Å². The minimum atomic E-state index is -0.688. The number of nitrogens with zero attached hydrogens (tertiary/aromatic N) is 1. The average molecular weight is 391 g/mol. The molecule has 3 rings (SSSR count). The van der Waals surface area contributed by atoms with Crippen LogP contribution < -0.4 is 15.1 Å². The van der Waals surface area contributed by atoms with E-state index in [0.29, 0.717) is 33.4 Å². The van der Waals surface area contributed by atoms with Gasteiger partial charge in [-0.3, -0.25) is 4.98 Å². The quantitative estimate of drug-likeness (QED) is 0.487. The Morgan fingerprint density at radius 3 is 2.14 bits per heavy atom. The van der Waals surface area contributed by atoms with E-state index in [9.17, 15) is 9.59 Å². The van der Waals surface area contributed by atoms with Crippen LogP contribution in [0.5, 0.6) is 11.5 Å². The van der Waals surface area contributed by atoms with Gasteiger partial charge in [0.1, 0.15) is 7.85 Å². The van der Waals surface area contributed by atoms with Crippen LogP contribution in [0.1, 0.15) is 20.7 Å². The highest BCUT2D eigenvalue weighted by Gasteiger charge is 2.27. The van der Waals surface area contributed by atoms with E-state index < -0.39 is 11.9 Å². The van der Waals surface area contributed by atoms with Crippen molar-refractivity contribution >= 4 is 36.2 Å². The van der Waals surface area contributed by atoms with E-state index in [4.69, 9.17) is 26.8 Å². The van der Waals surface area contributed by atoms with Crippen LogP contribution in [-0.4, -0.2) is 53.2 Å². The first-order valence-corrected chi connectivity index (χ1v) is 8.56. The van der Waals surface area contributed by atoms with Gasteiger partial charge < -0.3 is 18.9 Å². The average Bonchev–Trinajstić information content (AvgIpc) is 2.75. The summed E-state index contributed by atoms with van der Waals surface area (Å²) >= 11 is 0. The fourth-order valence-corrected chi connectivity index (χ4v) is 3.22. The van der Waals surface area contributed by atoms with Crippen molar-refractivity contribution in [2.45, 2.75) is 0 Å². The lowest BCUT2D eigenvalue weighted by atomic mass is 9.88. The van der Waals surface area contributed by atoms with Crippen molar-refractivity contribution in [1.82, 2.24) is 4.98 Å². The van der Waals surface area contributed by atoms with E-state index in [1.54, 1.807) is 30.3 Å².